The lowest BCUT2D eigenvalue weighted by molar-refractivity contribution is 0.518. The minimum Gasteiger partial charge on any atom is -0.0622 e. The number of allylic oxidation sites excluding steroid dienone is 5. The summed E-state index contributed by atoms with van der Waals surface area (Å²) in [4.78, 5) is 0. The van der Waals surface area contributed by atoms with Gasteiger partial charge in [0.05, 0.1) is 0 Å². The zero-order valence-electron chi connectivity index (χ0n) is 11.1. The lowest BCUT2D eigenvalue weighted by Crippen LogP contribution is -2.05. The highest BCUT2D eigenvalue weighted by molar-refractivity contribution is 5.67. The van der Waals surface area contributed by atoms with Crippen LogP contribution in [-0.4, -0.2) is 0 Å². The standard InChI is InChI=1S/C17H20/c1-13-10-16(17(2,3)4)12-15(13)11-14-8-6-5-7-9-14/h5-12H,1-4H3/b15-11-. The fraction of sp³-hybridized carbons (Fsp3) is 0.294. The van der Waals surface area contributed by atoms with Gasteiger partial charge in [0.25, 0.3) is 0 Å². The second-order valence-corrected chi connectivity index (χ2v) is 5.69. The molecule has 0 saturated carbocycles. The average Bonchev–Trinajstić information content (AvgIpc) is 2.62. The van der Waals surface area contributed by atoms with Crippen LogP contribution in [0.3, 0.4) is 0 Å². The highest BCUT2D eigenvalue weighted by atomic mass is 14.2. The van der Waals surface area contributed by atoms with E-state index in [1.54, 1.807) is 0 Å². The molecule has 0 radical (unpaired) electrons. The van der Waals surface area contributed by atoms with E-state index >= 15 is 0 Å². The first-order valence-corrected chi connectivity index (χ1v) is 6.14. The fourth-order valence-electron chi connectivity index (χ4n) is 1.96. The van der Waals surface area contributed by atoms with Gasteiger partial charge in [-0.25, -0.2) is 0 Å². The summed E-state index contributed by atoms with van der Waals surface area (Å²) in [6.45, 7) is 8.96. The van der Waals surface area contributed by atoms with Gasteiger partial charge in [-0.05, 0) is 40.7 Å². The zero-order chi connectivity index (χ0) is 12.5. The van der Waals surface area contributed by atoms with E-state index in [1.165, 1.54) is 22.3 Å². The van der Waals surface area contributed by atoms with E-state index < -0.39 is 0 Å². The van der Waals surface area contributed by atoms with Crippen molar-refractivity contribution in [2.24, 2.45) is 5.41 Å². The van der Waals surface area contributed by atoms with Crippen LogP contribution in [0.1, 0.15) is 33.3 Å². The lowest BCUT2D eigenvalue weighted by Gasteiger charge is -2.18. The molecule has 0 spiro atoms. The minimum atomic E-state index is 0.230. The van der Waals surface area contributed by atoms with Crippen LogP contribution in [-0.2, 0) is 0 Å². The van der Waals surface area contributed by atoms with Crippen LogP contribution in [0.25, 0.3) is 6.08 Å². The van der Waals surface area contributed by atoms with Crippen molar-refractivity contribution in [3.05, 3.63) is 64.8 Å². The van der Waals surface area contributed by atoms with Crippen LogP contribution in [0.4, 0.5) is 0 Å². The zero-order valence-corrected chi connectivity index (χ0v) is 11.1. The van der Waals surface area contributed by atoms with Gasteiger partial charge in [-0.2, -0.15) is 0 Å². The van der Waals surface area contributed by atoms with Crippen molar-refractivity contribution in [2.45, 2.75) is 27.7 Å². The van der Waals surface area contributed by atoms with Gasteiger partial charge in [-0.1, -0.05) is 63.3 Å². The summed E-state index contributed by atoms with van der Waals surface area (Å²) >= 11 is 0. The Morgan fingerprint density at radius 3 is 2.12 bits per heavy atom. The number of benzene rings is 1. The quantitative estimate of drug-likeness (QED) is 0.629. The Labute approximate surface area is 104 Å². The van der Waals surface area contributed by atoms with E-state index in [9.17, 15) is 0 Å². The SMILES string of the molecule is CC1=CC(C(C)(C)C)=C/C1=C/c1ccccc1. The molecule has 1 aromatic carbocycles. The monoisotopic (exact) mass is 224 g/mol. The average molecular weight is 224 g/mol. The maximum absolute atomic E-state index is 2.31. The Kier molecular flexibility index (Phi) is 3.06. The molecule has 0 amide bonds. The van der Waals surface area contributed by atoms with Gasteiger partial charge in [0.15, 0.2) is 0 Å². The van der Waals surface area contributed by atoms with Crippen molar-refractivity contribution in [3.63, 3.8) is 0 Å². The molecule has 1 aliphatic carbocycles. The molecule has 0 fully saturated rings. The third kappa shape index (κ3) is 2.76. The molecule has 1 aliphatic rings. The molecule has 0 nitrogen and oxygen atoms in total. The van der Waals surface area contributed by atoms with Crippen LogP contribution >= 0.6 is 0 Å². The topological polar surface area (TPSA) is 0 Å². The predicted octanol–water partition coefficient (Wildman–Crippen LogP) is 5.00. The van der Waals surface area contributed by atoms with Crippen LogP contribution in [0.15, 0.2) is 59.2 Å². The Balaban J connectivity index is 2.34. The molecule has 1 aromatic rings. The molecular weight excluding hydrogens is 204 g/mol. The van der Waals surface area contributed by atoms with Crippen molar-refractivity contribution in [1.29, 1.82) is 0 Å². The molecule has 0 N–H and O–H groups in total. The Hall–Kier alpha value is -1.56. The lowest BCUT2D eigenvalue weighted by atomic mass is 9.87. The molecule has 0 heteroatoms. The van der Waals surface area contributed by atoms with E-state index in [2.05, 4.69) is 76.3 Å². The summed E-state index contributed by atoms with van der Waals surface area (Å²) in [5.74, 6) is 0. The Morgan fingerprint density at radius 1 is 0.941 bits per heavy atom. The first-order valence-electron chi connectivity index (χ1n) is 6.14. The van der Waals surface area contributed by atoms with Crippen molar-refractivity contribution in [3.8, 4) is 0 Å². The van der Waals surface area contributed by atoms with E-state index in [-0.39, 0.29) is 5.41 Å². The molecule has 0 aromatic heterocycles. The maximum atomic E-state index is 2.31. The van der Waals surface area contributed by atoms with Gasteiger partial charge in [-0.3, -0.25) is 0 Å². The predicted molar refractivity (Wildman–Crippen MR) is 75.7 cm³/mol. The summed E-state index contributed by atoms with van der Waals surface area (Å²) in [6, 6.07) is 10.5. The number of hydrogen-bond donors (Lipinski definition) is 0. The molecule has 2 rings (SSSR count). The molecule has 17 heavy (non-hydrogen) atoms. The molecule has 0 saturated heterocycles. The van der Waals surface area contributed by atoms with Crippen LogP contribution in [0, 0.1) is 5.41 Å². The molecule has 0 unspecified atom stereocenters. The normalized spacial score (nSPS) is 18.2. The van der Waals surface area contributed by atoms with Gasteiger partial charge in [-0.15, -0.1) is 0 Å². The second-order valence-electron chi connectivity index (χ2n) is 5.69. The molecule has 0 bridgehead atoms. The summed E-state index contributed by atoms with van der Waals surface area (Å²) in [5, 5.41) is 0. The van der Waals surface area contributed by atoms with E-state index in [0.29, 0.717) is 0 Å². The maximum Gasteiger partial charge on any atom is -0.0132 e. The van der Waals surface area contributed by atoms with Crippen LogP contribution in [0.5, 0.6) is 0 Å². The highest BCUT2D eigenvalue weighted by Gasteiger charge is 2.19. The van der Waals surface area contributed by atoms with Crippen molar-refractivity contribution < 1.29 is 0 Å². The van der Waals surface area contributed by atoms with Gasteiger partial charge in [0.1, 0.15) is 0 Å². The molecule has 0 atom stereocenters. The number of hydrogen-bond acceptors (Lipinski definition) is 0. The summed E-state index contributed by atoms with van der Waals surface area (Å²) in [7, 11) is 0. The second kappa shape index (κ2) is 4.37. The van der Waals surface area contributed by atoms with Gasteiger partial charge >= 0.3 is 0 Å². The molecule has 88 valence electrons. The largest absolute Gasteiger partial charge is 0.0622 e. The van der Waals surface area contributed by atoms with Gasteiger partial charge in [0.2, 0.25) is 0 Å². The van der Waals surface area contributed by atoms with Gasteiger partial charge in [0, 0.05) is 0 Å². The number of rotatable bonds is 1. The third-order valence-electron chi connectivity index (χ3n) is 3.13. The molecular formula is C17H20. The third-order valence-corrected chi connectivity index (χ3v) is 3.13. The first-order chi connectivity index (χ1) is 7.97. The van der Waals surface area contributed by atoms with Crippen molar-refractivity contribution in [2.75, 3.05) is 0 Å². The van der Waals surface area contributed by atoms with E-state index in [4.69, 9.17) is 0 Å². The van der Waals surface area contributed by atoms with Crippen LogP contribution < -0.4 is 0 Å². The molecule has 0 aliphatic heterocycles. The van der Waals surface area contributed by atoms with E-state index in [0.717, 1.165) is 0 Å². The first kappa shape index (κ1) is 11.9. The molecule has 0 heterocycles. The summed E-state index contributed by atoms with van der Waals surface area (Å²) in [5.41, 5.74) is 5.60. The summed E-state index contributed by atoms with van der Waals surface area (Å²) in [6.07, 6.45) is 6.86. The van der Waals surface area contributed by atoms with Crippen molar-refractivity contribution in [1.82, 2.24) is 0 Å². The highest BCUT2D eigenvalue weighted by Crippen LogP contribution is 2.35. The smallest absolute Gasteiger partial charge is 0.0132 e. The fourth-order valence-corrected chi connectivity index (χ4v) is 1.96. The van der Waals surface area contributed by atoms with Crippen molar-refractivity contribution >= 4 is 6.08 Å². The van der Waals surface area contributed by atoms with Crippen LogP contribution in [0.2, 0.25) is 0 Å². The summed E-state index contributed by atoms with van der Waals surface area (Å²) < 4.78 is 0. The van der Waals surface area contributed by atoms with E-state index in [1.807, 2.05) is 0 Å². The Bertz CT molecular complexity index is 491. The Morgan fingerprint density at radius 2 is 1.59 bits per heavy atom. The minimum absolute atomic E-state index is 0.230. The van der Waals surface area contributed by atoms with Gasteiger partial charge < -0.3 is 0 Å².